The second-order valence-electron chi connectivity index (χ2n) is 42.7. The Bertz CT molecular complexity index is 2540. The third-order valence-electron chi connectivity index (χ3n) is 28.8. The van der Waals surface area contributed by atoms with Gasteiger partial charge >= 0.3 is 0 Å². The van der Waals surface area contributed by atoms with Crippen LogP contribution in [0.15, 0.2) is 133 Å². The number of allylic oxidation sites excluding steroid dienone is 17. The monoisotopic (exact) mass is 1560 g/mol. The first-order valence-corrected chi connectivity index (χ1v) is 49.8. The predicted octanol–water partition coefficient (Wildman–Crippen LogP) is 38.2. The fourth-order valence-electron chi connectivity index (χ4n) is 18.5. The molecule has 0 aromatic carbocycles. The first-order valence-electron chi connectivity index (χ1n) is 49.8. The van der Waals surface area contributed by atoms with Crippen molar-refractivity contribution in [3.63, 3.8) is 0 Å². The zero-order valence-electron chi connectivity index (χ0n) is 81.4. The minimum Gasteiger partial charge on any atom is -0.0999 e. The van der Waals surface area contributed by atoms with Crippen molar-refractivity contribution >= 4 is 0 Å². The van der Waals surface area contributed by atoms with Gasteiger partial charge in [0.25, 0.3) is 0 Å². The third-order valence-corrected chi connectivity index (χ3v) is 28.8. The van der Waals surface area contributed by atoms with Gasteiger partial charge in [0.05, 0.1) is 0 Å². The van der Waals surface area contributed by atoms with Crippen LogP contribution in [0.3, 0.4) is 0 Å². The van der Waals surface area contributed by atoms with Gasteiger partial charge in [-0.15, -0.1) is 0 Å². The molecule has 656 valence electrons. The molecule has 0 aromatic rings. The van der Waals surface area contributed by atoms with Crippen LogP contribution in [-0.2, 0) is 0 Å². The molecule has 0 spiro atoms. The van der Waals surface area contributed by atoms with Crippen molar-refractivity contribution < 1.29 is 0 Å². The zero-order chi connectivity index (χ0) is 84.8. The Kier molecular flexibility index (Phi) is 62.2. The first-order chi connectivity index (χ1) is 53.5. The summed E-state index contributed by atoms with van der Waals surface area (Å²) in [5.41, 5.74) is 8.94. The molecule has 0 aromatic heterocycles. The van der Waals surface area contributed by atoms with Crippen molar-refractivity contribution in [2.45, 2.75) is 443 Å². The molecule has 11 rings (SSSR count). The highest BCUT2D eigenvalue weighted by Crippen LogP contribution is 2.39. The third kappa shape index (κ3) is 54.8. The van der Waals surface area contributed by atoms with E-state index in [1.165, 1.54) is 298 Å². The highest BCUT2D eigenvalue weighted by Gasteiger charge is 2.25. The molecule has 11 atom stereocenters. The summed E-state index contributed by atoms with van der Waals surface area (Å²) in [6, 6.07) is 0. The van der Waals surface area contributed by atoms with Gasteiger partial charge in [0.2, 0.25) is 0 Å². The Morgan fingerprint density at radius 1 is 0.230 bits per heavy atom. The second-order valence-corrected chi connectivity index (χ2v) is 42.7. The zero-order valence-corrected chi connectivity index (χ0v) is 81.4. The van der Waals surface area contributed by atoms with E-state index in [1.807, 2.05) is 0 Å². The Hall–Kier alpha value is -2.86. The van der Waals surface area contributed by atoms with Gasteiger partial charge in [-0.2, -0.15) is 0 Å². The van der Waals surface area contributed by atoms with E-state index in [4.69, 9.17) is 0 Å². The molecule has 0 heterocycles. The van der Waals surface area contributed by atoms with Crippen molar-refractivity contribution in [1.82, 2.24) is 0 Å². The van der Waals surface area contributed by atoms with E-state index in [9.17, 15) is 0 Å². The van der Waals surface area contributed by atoms with Gasteiger partial charge in [0.15, 0.2) is 0 Å². The van der Waals surface area contributed by atoms with Crippen LogP contribution in [-0.4, -0.2) is 0 Å². The lowest BCUT2D eigenvalue weighted by atomic mass is 9.74. The summed E-state index contributed by atoms with van der Waals surface area (Å²) in [6.45, 7) is 78.2. The van der Waals surface area contributed by atoms with Crippen molar-refractivity contribution in [3.8, 4) is 0 Å². The molecular formula is C113H204. The smallest absolute Gasteiger partial charge is 0.0210 e. The average Bonchev–Trinajstić information content (AvgIpc) is 1.48. The molecule has 0 heteroatoms. The number of rotatable bonds is 11. The van der Waals surface area contributed by atoms with Gasteiger partial charge in [0, 0.05) is 0 Å². The lowest BCUT2D eigenvalue weighted by molar-refractivity contribution is 0.310. The van der Waals surface area contributed by atoms with Gasteiger partial charge in [-0.05, 0) is 367 Å². The molecule has 5 fully saturated rings. The van der Waals surface area contributed by atoms with E-state index in [0.717, 1.165) is 142 Å². The van der Waals surface area contributed by atoms with Crippen LogP contribution in [0, 0.1) is 142 Å². The largest absolute Gasteiger partial charge is 0.0999 e. The maximum absolute atomic E-state index is 4.11. The molecule has 0 nitrogen and oxygen atoms in total. The molecule has 0 bridgehead atoms. The second kappa shape index (κ2) is 65.0. The molecule has 113 heavy (non-hydrogen) atoms. The van der Waals surface area contributed by atoms with Gasteiger partial charge in [0.1, 0.15) is 0 Å². The van der Waals surface area contributed by atoms with Crippen molar-refractivity contribution in [3.05, 3.63) is 133 Å². The molecule has 11 aliphatic carbocycles. The van der Waals surface area contributed by atoms with Crippen LogP contribution in [0.2, 0.25) is 0 Å². The molecule has 0 saturated heterocycles. The number of hydrogen-bond donors (Lipinski definition) is 0. The minimum absolute atomic E-state index is 0.812. The van der Waals surface area contributed by atoms with Crippen LogP contribution in [0.1, 0.15) is 443 Å². The standard InChI is InChI=1S/2C12H22.3C11H20.3C10H18.2C9H16.C8H14/c2*1-10(2)12-7-5-4-6-11(3)8-9-12;2*1-9(2)11-6-4-5-10(3)7-8-11;1-10(2)11-8-6-4-3-5-7-9-11;2*1-8(2)10-6-4-9(3)5-7-10;1-9(2)10-7-5-3-4-6-8-10;1-7(2)9-5-4-8(3)6-9;1-8(2)9-6-4-3-5-7-9;1-6(2)8-4-7(3)5-8/h8-12H,4-7H2,1-3H3;10,12H,3-9H2,1-2H3;7-11H,4-6H2,1-3H3;9,11H,3-8H2,1-2H3;6,8,10-11H,3-5,7,9H2,1-2H3;4,8,10H,5-7H2,1-3H3;8,10H,3-7H2,1-2H3;5,7,9-10H,3-4,6,8H2,1-2H3;7,9H,3-6H2,1-2H3;3-4,8-9H,5-7H2,1-2H3;6,8H,3-5H2,1-2H3/b9-8-;;;;8-6-;;;;;;. The lowest BCUT2D eigenvalue weighted by Gasteiger charge is -2.31. The Balaban J connectivity index is 0.000000622. The van der Waals surface area contributed by atoms with Gasteiger partial charge in [-0.25, -0.2) is 0 Å². The van der Waals surface area contributed by atoms with Gasteiger partial charge < -0.3 is 0 Å². The summed E-state index contributed by atoms with van der Waals surface area (Å²) >= 11 is 0. The summed E-state index contributed by atoms with van der Waals surface area (Å²) in [5, 5.41) is 0. The molecule has 5 saturated carbocycles. The quantitative estimate of drug-likeness (QED) is 0.143. The van der Waals surface area contributed by atoms with Crippen molar-refractivity contribution in [2.24, 2.45) is 142 Å². The summed E-state index contributed by atoms with van der Waals surface area (Å²) in [5.74, 6) is 21.2. The van der Waals surface area contributed by atoms with Crippen LogP contribution in [0.25, 0.3) is 0 Å². The van der Waals surface area contributed by atoms with E-state index in [0.29, 0.717) is 0 Å². The fraction of sp³-hybridized carbons (Fsp3) is 0.805. The van der Waals surface area contributed by atoms with Crippen molar-refractivity contribution in [2.75, 3.05) is 0 Å². The van der Waals surface area contributed by atoms with E-state index in [-0.39, 0.29) is 0 Å². The van der Waals surface area contributed by atoms with Crippen LogP contribution in [0.4, 0.5) is 0 Å². The Morgan fingerprint density at radius 2 is 0.566 bits per heavy atom. The molecule has 0 amide bonds. The highest BCUT2D eigenvalue weighted by molar-refractivity contribution is 5.09. The van der Waals surface area contributed by atoms with E-state index in [1.54, 1.807) is 5.57 Å². The lowest BCUT2D eigenvalue weighted by Crippen LogP contribution is -2.19. The molecule has 11 aliphatic rings. The van der Waals surface area contributed by atoms with E-state index in [2.05, 4.69) is 273 Å². The predicted molar refractivity (Wildman–Crippen MR) is 519 cm³/mol. The molecule has 0 N–H and O–H groups in total. The normalized spacial score (nSPS) is 27.8. The summed E-state index contributed by atoms with van der Waals surface area (Å²) in [7, 11) is 0. The summed E-state index contributed by atoms with van der Waals surface area (Å²) in [4.78, 5) is 0. The van der Waals surface area contributed by atoms with Gasteiger partial charge in [-0.3, -0.25) is 0 Å². The molecule has 0 radical (unpaired) electrons. The number of hydrogen-bond acceptors (Lipinski definition) is 0. The minimum atomic E-state index is 0.812. The van der Waals surface area contributed by atoms with Crippen LogP contribution < -0.4 is 0 Å². The first kappa shape index (κ1) is 108. The SMILES string of the molecule is C=C1CC(C(C)C)C1.C=C1CCC(C(C)C)C1.C=C1CCC(C(C)C)CC1.C=C1CCCC(C(C)C)CC1.C=C1CCCCC(C(C)C)CC1.CC(C)C1/C=C\CCCCC1.CC(C)C1C=CCCCC1.CC(C)C1CC=CCC1.CC1/C=C\C(C(C)C)CCCC1.CC1=CCC(C(C)C)CC1.CC1C=CC(C(C)C)CCC1. The Morgan fingerprint density at radius 3 is 0.947 bits per heavy atom. The average molecular weight is 1560 g/mol. The van der Waals surface area contributed by atoms with Crippen molar-refractivity contribution in [1.29, 1.82) is 0 Å². The maximum Gasteiger partial charge on any atom is -0.0210 e. The summed E-state index contributed by atoms with van der Waals surface area (Å²) < 4.78 is 0. The topological polar surface area (TPSA) is 0 Å². The Labute approximate surface area is 713 Å². The fourth-order valence-corrected chi connectivity index (χ4v) is 18.5. The molecule has 0 aliphatic heterocycles. The van der Waals surface area contributed by atoms with Crippen LogP contribution >= 0.6 is 0 Å². The summed E-state index contributed by atoms with van der Waals surface area (Å²) in [6.07, 6.45) is 83.7. The van der Waals surface area contributed by atoms with Crippen LogP contribution in [0.5, 0.6) is 0 Å². The molecule has 11 unspecified atom stereocenters. The highest BCUT2D eigenvalue weighted by atomic mass is 14.3. The maximum atomic E-state index is 4.11. The van der Waals surface area contributed by atoms with Gasteiger partial charge in [-0.1, -0.05) is 351 Å². The molecular weight excluding hydrogens is 1360 g/mol. The van der Waals surface area contributed by atoms with E-state index < -0.39 is 0 Å². The van der Waals surface area contributed by atoms with E-state index >= 15 is 0 Å².